The summed E-state index contributed by atoms with van der Waals surface area (Å²) in [5, 5.41) is 0. The Hall–Kier alpha value is -1.38. The number of likely N-dealkylation sites (N-methyl/N-ethyl adjacent to an activating group) is 1. The molecular weight excluding hydrogens is 425 g/mol. The smallest absolute Gasteiger partial charge is 0.236 e. The number of likely N-dealkylation sites (tertiary alicyclic amines) is 1. The fourth-order valence-electron chi connectivity index (χ4n) is 4.19. The second kappa shape index (κ2) is 12.5. The lowest BCUT2D eigenvalue weighted by Gasteiger charge is -2.35. The Bertz CT molecular complexity index is 669. The summed E-state index contributed by atoms with van der Waals surface area (Å²) < 4.78 is 0. The van der Waals surface area contributed by atoms with Crippen molar-refractivity contribution in [3.63, 3.8) is 0 Å². The molecule has 9 heteroatoms. The summed E-state index contributed by atoms with van der Waals surface area (Å²) in [6.45, 7) is 6.17. The van der Waals surface area contributed by atoms with Crippen LogP contribution in [0.5, 0.6) is 0 Å². The summed E-state index contributed by atoms with van der Waals surface area (Å²) in [7, 11) is 3.55. The van der Waals surface area contributed by atoms with Gasteiger partial charge in [0.2, 0.25) is 11.8 Å². The molecule has 1 aromatic rings. The van der Waals surface area contributed by atoms with Gasteiger partial charge in [0.15, 0.2) is 0 Å². The topological polar surface area (TPSA) is 73.1 Å². The van der Waals surface area contributed by atoms with Crippen molar-refractivity contribution < 1.29 is 9.59 Å². The highest BCUT2D eigenvalue weighted by Gasteiger charge is 2.34. The third kappa shape index (κ3) is 6.82. The van der Waals surface area contributed by atoms with Crippen molar-refractivity contribution in [2.75, 3.05) is 73.0 Å². The number of halogens is 2. The van der Waals surface area contributed by atoms with Crippen molar-refractivity contribution in [3.8, 4) is 0 Å². The predicted molar refractivity (Wildman–Crippen MR) is 124 cm³/mol. The fraction of sp³-hybridized carbons (Fsp3) is 0.619. The largest absolute Gasteiger partial charge is 0.348 e. The van der Waals surface area contributed by atoms with Crippen LogP contribution in [0.4, 0.5) is 0 Å². The van der Waals surface area contributed by atoms with Gasteiger partial charge in [0.25, 0.3) is 0 Å². The summed E-state index contributed by atoms with van der Waals surface area (Å²) >= 11 is 0. The maximum atomic E-state index is 12.8. The molecule has 2 aliphatic rings. The van der Waals surface area contributed by atoms with E-state index in [0.717, 1.165) is 26.2 Å². The molecule has 0 spiro atoms. The number of rotatable bonds is 6. The highest BCUT2D eigenvalue weighted by Crippen LogP contribution is 2.31. The van der Waals surface area contributed by atoms with Gasteiger partial charge in [-0.3, -0.25) is 19.4 Å². The van der Waals surface area contributed by atoms with Gasteiger partial charge in [0, 0.05) is 59.3 Å². The quantitative estimate of drug-likeness (QED) is 0.678. The SMILES string of the molecule is CN(C)C(=O)CN1CCN(C(=O)CN2C[C@@H](CN)[C@H](c3ccccc3)C2)CC1.Cl.Cl. The van der Waals surface area contributed by atoms with Gasteiger partial charge in [-0.25, -0.2) is 0 Å². The molecule has 0 saturated carbocycles. The van der Waals surface area contributed by atoms with Gasteiger partial charge in [-0.05, 0) is 18.0 Å². The molecule has 0 bridgehead atoms. The lowest BCUT2D eigenvalue weighted by atomic mass is 9.89. The number of piperazine rings is 1. The molecule has 2 N–H and O–H groups in total. The van der Waals surface area contributed by atoms with Crippen molar-refractivity contribution in [2.24, 2.45) is 11.7 Å². The maximum Gasteiger partial charge on any atom is 0.236 e. The molecule has 2 aliphatic heterocycles. The summed E-state index contributed by atoms with van der Waals surface area (Å²) in [5.74, 6) is 1.08. The zero-order valence-corrected chi connectivity index (χ0v) is 19.5. The number of carbonyl (C=O) groups is 2. The minimum absolute atomic E-state index is 0. The van der Waals surface area contributed by atoms with E-state index in [-0.39, 0.29) is 36.6 Å². The van der Waals surface area contributed by atoms with Gasteiger partial charge in [-0.15, -0.1) is 24.8 Å². The molecule has 30 heavy (non-hydrogen) atoms. The van der Waals surface area contributed by atoms with Crippen LogP contribution in [0, 0.1) is 5.92 Å². The molecule has 0 radical (unpaired) electrons. The van der Waals surface area contributed by atoms with Crippen LogP contribution in [0.3, 0.4) is 0 Å². The molecule has 2 heterocycles. The molecule has 2 amide bonds. The number of amides is 2. The summed E-state index contributed by atoms with van der Waals surface area (Å²) in [4.78, 5) is 32.6. The average Bonchev–Trinajstić information content (AvgIpc) is 3.12. The summed E-state index contributed by atoms with van der Waals surface area (Å²) in [6.07, 6.45) is 0. The van der Waals surface area contributed by atoms with Crippen LogP contribution in [0.25, 0.3) is 0 Å². The van der Waals surface area contributed by atoms with E-state index in [0.29, 0.717) is 44.6 Å². The van der Waals surface area contributed by atoms with E-state index in [1.807, 2.05) is 11.0 Å². The summed E-state index contributed by atoms with van der Waals surface area (Å²) in [6, 6.07) is 10.5. The third-order valence-electron chi connectivity index (χ3n) is 5.99. The molecule has 7 nitrogen and oxygen atoms in total. The first kappa shape index (κ1) is 26.7. The van der Waals surface area contributed by atoms with E-state index < -0.39 is 0 Å². The minimum Gasteiger partial charge on any atom is -0.348 e. The second-order valence-corrected chi connectivity index (χ2v) is 8.15. The van der Waals surface area contributed by atoms with Crippen LogP contribution in [-0.2, 0) is 9.59 Å². The highest BCUT2D eigenvalue weighted by molar-refractivity contribution is 5.85. The van der Waals surface area contributed by atoms with E-state index >= 15 is 0 Å². The predicted octanol–water partition coefficient (Wildman–Crippen LogP) is 0.737. The Labute approximate surface area is 192 Å². The van der Waals surface area contributed by atoms with Gasteiger partial charge in [-0.2, -0.15) is 0 Å². The molecule has 1 aromatic carbocycles. The zero-order valence-electron chi connectivity index (χ0n) is 17.9. The molecule has 0 aliphatic carbocycles. The van der Waals surface area contributed by atoms with E-state index in [1.165, 1.54) is 5.56 Å². The van der Waals surface area contributed by atoms with Crippen molar-refractivity contribution >= 4 is 36.6 Å². The van der Waals surface area contributed by atoms with Crippen molar-refractivity contribution in [1.82, 2.24) is 19.6 Å². The van der Waals surface area contributed by atoms with Gasteiger partial charge < -0.3 is 15.5 Å². The first-order chi connectivity index (χ1) is 13.5. The van der Waals surface area contributed by atoms with Gasteiger partial charge in [-0.1, -0.05) is 30.3 Å². The lowest BCUT2D eigenvalue weighted by Crippen LogP contribution is -2.52. The van der Waals surface area contributed by atoms with Crippen LogP contribution in [0.15, 0.2) is 30.3 Å². The maximum absolute atomic E-state index is 12.8. The Morgan fingerprint density at radius 1 is 0.967 bits per heavy atom. The van der Waals surface area contributed by atoms with Crippen LogP contribution >= 0.6 is 24.8 Å². The average molecular weight is 460 g/mol. The van der Waals surface area contributed by atoms with Gasteiger partial charge in [0.1, 0.15) is 0 Å². The lowest BCUT2D eigenvalue weighted by molar-refractivity contribution is -0.135. The van der Waals surface area contributed by atoms with Gasteiger partial charge in [0.05, 0.1) is 13.1 Å². The normalized spacial score (nSPS) is 22.2. The van der Waals surface area contributed by atoms with E-state index in [4.69, 9.17) is 5.73 Å². The Balaban J connectivity index is 0.00000225. The molecule has 3 rings (SSSR count). The zero-order chi connectivity index (χ0) is 20.1. The second-order valence-electron chi connectivity index (χ2n) is 8.15. The highest BCUT2D eigenvalue weighted by atomic mass is 35.5. The number of benzene rings is 1. The van der Waals surface area contributed by atoms with E-state index in [1.54, 1.807) is 19.0 Å². The van der Waals surface area contributed by atoms with Crippen LogP contribution < -0.4 is 5.73 Å². The third-order valence-corrected chi connectivity index (χ3v) is 5.99. The van der Waals surface area contributed by atoms with Crippen LogP contribution in [-0.4, -0.2) is 104 Å². The first-order valence-electron chi connectivity index (χ1n) is 10.2. The fourth-order valence-corrected chi connectivity index (χ4v) is 4.19. The van der Waals surface area contributed by atoms with Gasteiger partial charge >= 0.3 is 0 Å². The van der Waals surface area contributed by atoms with E-state index in [2.05, 4.69) is 34.1 Å². The number of hydrogen-bond acceptors (Lipinski definition) is 5. The minimum atomic E-state index is 0. The molecule has 0 aromatic heterocycles. The Morgan fingerprint density at radius 2 is 1.60 bits per heavy atom. The first-order valence-corrected chi connectivity index (χ1v) is 10.2. The number of hydrogen-bond donors (Lipinski definition) is 1. The molecule has 170 valence electrons. The monoisotopic (exact) mass is 459 g/mol. The van der Waals surface area contributed by atoms with Crippen molar-refractivity contribution in [3.05, 3.63) is 35.9 Å². The molecule has 2 fully saturated rings. The molecular formula is C21H35Cl2N5O2. The molecule has 0 unspecified atom stereocenters. The molecule has 2 saturated heterocycles. The molecule has 2 atom stereocenters. The van der Waals surface area contributed by atoms with E-state index in [9.17, 15) is 9.59 Å². The summed E-state index contributed by atoms with van der Waals surface area (Å²) in [5.41, 5.74) is 7.33. The standard InChI is InChI=1S/C21H33N5O2.2ClH/c1-23(2)20(27)15-24-8-10-26(11-9-24)21(28)16-25-13-18(12-22)19(14-25)17-6-4-3-5-7-17;;/h3-7,18-19H,8-16,22H2,1-2H3;2*1H/t18-,19+;;/m1../s1. The number of carbonyl (C=O) groups excluding carboxylic acids is 2. The Kier molecular flexibility index (Phi) is 11.1. The Morgan fingerprint density at radius 3 is 2.17 bits per heavy atom. The van der Waals surface area contributed by atoms with Crippen molar-refractivity contribution in [2.45, 2.75) is 5.92 Å². The number of nitrogens with zero attached hydrogens (tertiary/aromatic N) is 4. The number of nitrogens with two attached hydrogens (primary N) is 1. The van der Waals surface area contributed by atoms with Crippen LogP contribution in [0.1, 0.15) is 11.5 Å². The van der Waals surface area contributed by atoms with Crippen molar-refractivity contribution in [1.29, 1.82) is 0 Å². The van der Waals surface area contributed by atoms with Crippen LogP contribution in [0.2, 0.25) is 0 Å².